The first-order valence-corrected chi connectivity index (χ1v) is 8.96. The number of likely N-dealkylation sites (N-methyl/N-ethyl adjacent to an activating group) is 1. The molecular formula is C19H21N3O2S. The van der Waals surface area contributed by atoms with E-state index in [4.69, 9.17) is 4.74 Å². The van der Waals surface area contributed by atoms with Crippen LogP contribution in [0.2, 0.25) is 0 Å². The molecule has 0 aliphatic carbocycles. The molecule has 25 heavy (non-hydrogen) atoms. The molecule has 0 saturated carbocycles. The number of para-hydroxylation sites is 1. The molecule has 3 rings (SSSR count). The predicted molar refractivity (Wildman–Crippen MR) is 101 cm³/mol. The summed E-state index contributed by atoms with van der Waals surface area (Å²) in [6.07, 6.45) is 0. The zero-order valence-corrected chi connectivity index (χ0v) is 15.7. The third-order valence-electron chi connectivity index (χ3n) is 4.06. The highest BCUT2D eigenvalue weighted by atomic mass is 32.1. The van der Waals surface area contributed by atoms with Crippen LogP contribution in [0.3, 0.4) is 0 Å². The topological polar surface area (TPSA) is 55.3 Å². The van der Waals surface area contributed by atoms with Gasteiger partial charge in [-0.1, -0.05) is 18.2 Å². The highest BCUT2D eigenvalue weighted by molar-refractivity contribution is 7.20. The van der Waals surface area contributed by atoms with Crippen molar-refractivity contribution in [2.45, 2.75) is 20.8 Å². The number of hydrogen-bond donors (Lipinski definition) is 0. The second-order valence-corrected chi connectivity index (χ2v) is 6.98. The van der Waals surface area contributed by atoms with Gasteiger partial charge in [0.2, 0.25) is 0 Å². The molecule has 0 bridgehead atoms. The number of rotatable bonds is 5. The highest BCUT2D eigenvalue weighted by Crippen LogP contribution is 2.31. The van der Waals surface area contributed by atoms with Crippen LogP contribution in [0.5, 0.6) is 5.75 Å². The minimum absolute atomic E-state index is 0.00536. The third-order valence-corrected chi connectivity index (χ3v) is 5.24. The number of aryl methyl sites for hydroxylation is 3. The van der Waals surface area contributed by atoms with E-state index in [1.54, 1.807) is 11.9 Å². The van der Waals surface area contributed by atoms with Crippen LogP contribution >= 0.6 is 11.3 Å². The van der Waals surface area contributed by atoms with Crippen LogP contribution in [-0.4, -0.2) is 41.0 Å². The molecule has 130 valence electrons. The first kappa shape index (κ1) is 17.4. The van der Waals surface area contributed by atoms with Gasteiger partial charge in [-0.25, -0.2) is 9.97 Å². The van der Waals surface area contributed by atoms with E-state index < -0.39 is 0 Å². The number of nitrogens with zero attached hydrogens (tertiary/aromatic N) is 3. The number of aromatic nitrogens is 2. The molecule has 2 heterocycles. The van der Waals surface area contributed by atoms with Gasteiger partial charge in [-0.3, -0.25) is 4.79 Å². The normalized spacial score (nSPS) is 10.9. The second kappa shape index (κ2) is 7.19. The van der Waals surface area contributed by atoms with Gasteiger partial charge in [0.15, 0.2) is 0 Å². The first-order valence-electron chi connectivity index (χ1n) is 8.15. The van der Waals surface area contributed by atoms with E-state index in [9.17, 15) is 4.79 Å². The fourth-order valence-corrected chi connectivity index (χ4v) is 4.04. The van der Waals surface area contributed by atoms with Crippen LogP contribution in [0, 0.1) is 20.8 Å². The van der Waals surface area contributed by atoms with Gasteiger partial charge in [0.1, 0.15) is 23.0 Å². The van der Waals surface area contributed by atoms with Crippen molar-refractivity contribution in [2.24, 2.45) is 0 Å². The van der Waals surface area contributed by atoms with Crippen molar-refractivity contribution in [2.75, 3.05) is 20.2 Å². The summed E-state index contributed by atoms with van der Waals surface area (Å²) in [6.45, 7) is 6.77. The van der Waals surface area contributed by atoms with E-state index in [2.05, 4.69) is 9.97 Å². The third kappa shape index (κ3) is 3.64. The van der Waals surface area contributed by atoms with Crippen LogP contribution in [0.15, 0.2) is 30.3 Å². The van der Waals surface area contributed by atoms with E-state index in [-0.39, 0.29) is 5.91 Å². The van der Waals surface area contributed by atoms with E-state index >= 15 is 0 Å². The molecule has 0 saturated heterocycles. The zero-order chi connectivity index (χ0) is 18.0. The number of carbonyl (C=O) groups excluding carboxylic acids is 1. The fourth-order valence-electron chi connectivity index (χ4n) is 2.77. The van der Waals surface area contributed by atoms with Gasteiger partial charge in [-0.15, -0.1) is 11.3 Å². The Balaban J connectivity index is 1.73. The molecule has 2 aromatic heterocycles. The van der Waals surface area contributed by atoms with Crippen LogP contribution in [-0.2, 0) is 0 Å². The summed E-state index contributed by atoms with van der Waals surface area (Å²) in [7, 11) is 1.80. The maximum Gasteiger partial charge on any atom is 0.264 e. The molecule has 5 nitrogen and oxygen atoms in total. The van der Waals surface area contributed by atoms with Crippen molar-refractivity contribution in [1.82, 2.24) is 14.9 Å². The van der Waals surface area contributed by atoms with Gasteiger partial charge in [-0.2, -0.15) is 0 Å². The summed E-state index contributed by atoms with van der Waals surface area (Å²) in [6, 6.07) is 9.61. The maximum absolute atomic E-state index is 12.8. The second-order valence-electron chi connectivity index (χ2n) is 5.98. The molecule has 0 N–H and O–H groups in total. The quantitative estimate of drug-likeness (QED) is 0.699. The summed E-state index contributed by atoms with van der Waals surface area (Å²) in [5, 5.41) is 0.993. The molecule has 0 fully saturated rings. The zero-order valence-electron chi connectivity index (χ0n) is 14.9. The minimum atomic E-state index is -0.00536. The van der Waals surface area contributed by atoms with Gasteiger partial charge in [-0.05, 0) is 38.5 Å². The SMILES string of the molecule is Cc1nc(C)c2c(C)c(C(=O)N(C)CCOc3ccccc3)sc2n1. The van der Waals surface area contributed by atoms with E-state index in [0.29, 0.717) is 13.2 Å². The van der Waals surface area contributed by atoms with E-state index in [1.807, 2.05) is 51.1 Å². The molecule has 0 aliphatic heterocycles. The summed E-state index contributed by atoms with van der Waals surface area (Å²) < 4.78 is 5.67. The molecule has 0 atom stereocenters. The lowest BCUT2D eigenvalue weighted by Crippen LogP contribution is -2.30. The Bertz CT molecular complexity index is 906. The van der Waals surface area contributed by atoms with Crippen molar-refractivity contribution in [3.05, 3.63) is 52.3 Å². The van der Waals surface area contributed by atoms with Crippen molar-refractivity contribution in [3.8, 4) is 5.75 Å². The van der Waals surface area contributed by atoms with Crippen LogP contribution in [0.4, 0.5) is 0 Å². The van der Waals surface area contributed by atoms with Crippen LogP contribution in [0.25, 0.3) is 10.2 Å². The lowest BCUT2D eigenvalue weighted by Gasteiger charge is -2.17. The number of carbonyl (C=O) groups is 1. The molecule has 1 amide bonds. The largest absolute Gasteiger partial charge is 0.492 e. The molecule has 0 unspecified atom stereocenters. The Kier molecular flexibility index (Phi) is 4.99. The van der Waals surface area contributed by atoms with Gasteiger partial charge in [0.25, 0.3) is 5.91 Å². The Hall–Kier alpha value is -2.47. The molecule has 0 radical (unpaired) electrons. The smallest absolute Gasteiger partial charge is 0.264 e. The summed E-state index contributed by atoms with van der Waals surface area (Å²) in [5.74, 6) is 1.53. The molecule has 0 spiro atoms. The average Bonchev–Trinajstić information content (AvgIpc) is 2.91. The molecule has 6 heteroatoms. The fraction of sp³-hybridized carbons (Fsp3) is 0.316. The number of ether oxygens (including phenoxy) is 1. The molecule has 0 aliphatic rings. The highest BCUT2D eigenvalue weighted by Gasteiger charge is 2.21. The van der Waals surface area contributed by atoms with E-state index in [1.165, 1.54) is 11.3 Å². The number of thiophene rings is 1. The van der Waals surface area contributed by atoms with Crippen molar-refractivity contribution in [1.29, 1.82) is 0 Å². The van der Waals surface area contributed by atoms with Crippen LogP contribution in [0.1, 0.15) is 26.8 Å². The van der Waals surface area contributed by atoms with Gasteiger partial charge in [0.05, 0.1) is 11.4 Å². The molecular weight excluding hydrogens is 334 g/mol. The Labute approximate surface area is 151 Å². The number of hydrogen-bond acceptors (Lipinski definition) is 5. The monoisotopic (exact) mass is 355 g/mol. The average molecular weight is 355 g/mol. The molecule has 1 aromatic carbocycles. The number of fused-ring (bicyclic) bond motifs is 1. The summed E-state index contributed by atoms with van der Waals surface area (Å²) in [4.78, 5) is 25.0. The van der Waals surface area contributed by atoms with E-state index in [0.717, 1.165) is 37.9 Å². The lowest BCUT2D eigenvalue weighted by atomic mass is 10.1. The first-order chi connectivity index (χ1) is 12.0. The summed E-state index contributed by atoms with van der Waals surface area (Å²) in [5.41, 5.74) is 1.88. The maximum atomic E-state index is 12.8. The van der Waals surface area contributed by atoms with Crippen LogP contribution < -0.4 is 4.74 Å². The van der Waals surface area contributed by atoms with Crippen molar-refractivity contribution >= 4 is 27.5 Å². The Morgan fingerprint density at radius 1 is 1.16 bits per heavy atom. The lowest BCUT2D eigenvalue weighted by molar-refractivity contribution is 0.0778. The standard InChI is InChI=1S/C19H21N3O2S/c1-12-16-13(2)20-14(3)21-18(16)25-17(12)19(23)22(4)10-11-24-15-8-6-5-7-9-15/h5-9H,10-11H2,1-4H3. The molecule has 3 aromatic rings. The van der Waals surface area contributed by atoms with Gasteiger partial charge in [0, 0.05) is 18.1 Å². The predicted octanol–water partition coefficient (Wildman–Crippen LogP) is 3.77. The number of amides is 1. The van der Waals surface area contributed by atoms with Crippen molar-refractivity contribution in [3.63, 3.8) is 0 Å². The van der Waals surface area contributed by atoms with Gasteiger partial charge < -0.3 is 9.64 Å². The van der Waals surface area contributed by atoms with Crippen molar-refractivity contribution < 1.29 is 9.53 Å². The Morgan fingerprint density at radius 2 is 1.88 bits per heavy atom. The summed E-state index contributed by atoms with van der Waals surface area (Å²) >= 11 is 1.44. The minimum Gasteiger partial charge on any atom is -0.492 e. The number of benzene rings is 1. The van der Waals surface area contributed by atoms with Gasteiger partial charge >= 0.3 is 0 Å². The Morgan fingerprint density at radius 3 is 2.60 bits per heavy atom.